The predicted octanol–water partition coefficient (Wildman–Crippen LogP) is 4.88. The van der Waals surface area contributed by atoms with Crippen molar-refractivity contribution in [3.63, 3.8) is 0 Å². The largest absolute Gasteiger partial charge is 0.127 e. The number of unbranched alkanes of at least 4 members (excludes halogenated alkanes) is 2. The summed E-state index contributed by atoms with van der Waals surface area (Å²) in [5, 5.41) is 0. The van der Waals surface area contributed by atoms with Crippen molar-refractivity contribution in [3.8, 4) is 0 Å². The van der Waals surface area contributed by atoms with Gasteiger partial charge in [-0.2, -0.15) is 0 Å². The van der Waals surface area contributed by atoms with Crippen LogP contribution in [0.25, 0.3) is 0 Å². The zero-order chi connectivity index (χ0) is 9.66. The van der Waals surface area contributed by atoms with Crippen molar-refractivity contribution >= 4 is 68.4 Å². The van der Waals surface area contributed by atoms with Crippen LogP contribution in [0.1, 0.15) is 25.7 Å². The second-order valence-electron chi connectivity index (χ2n) is 2.17. The molecule has 0 saturated heterocycles. The van der Waals surface area contributed by atoms with Gasteiger partial charge >= 0.3 is 0 Å². The molecule has 0 rings (SSSR count). The van der Waals surface area contributed by atoms with Gasteiger partial charge in [-0.3, -0.25) is 0 Å². The van der Waals surface area contributed by atoms with Gasteiger partial charge in [-0.15, -0.1) is 23.2 Å². The minimum Gasteiger partial charge on any atom is -0.127 e. The van der Waals surface area contributed by atoms with Crippen molar-refractivity contribution in [2.45, 2.75) is 25.7 Å². The summed E-state index contributed by atoms with van der Waals surface area (Å²) in [6.45, 7) is 0. The number of hydrogen-bond acceptors (Lipinski definition) is 0. The molecule has 0 heterocycles. The fourth-order valence-corrected chi connectivity index (χ4v) is 1.83. The van der Waals surface area contributed by atoms with E-state index in [1.807, 2.05) is 0 Å². The minimum atomic E-state index is 0.743. The van der Waals surface area contributed by atoms with Crippen molar-refractivity contribution in [2.24, 2.45) is 0 Å². The fraction of sp³-hybridized carbons (Fsp3) is 1.00. The van der Waals surface area contributed by atoms with Gasteiger partial charge in [-0.25, -0.2) is 0 Å². The van der Waals surface area contributed by atoms with Gasteiger partial charge in [-0.05, 0) is 34.5 Å². The summed E-state index contributed by atoms with van der Waals surface area (Å²) < 4.78 is 2.64. The molecular formula is C8H16Cl2I2. The summed E-state index contributed by atoms with van der Waals surface area (Å²) in [5.74, 6) is 1.49. The standard InChI is InChI=1S/C4H8Cl2.C4H8I2/c2*5-3-1-2-4-6/h2*1-4H2. The van der Waals surface area contributed by atoms with Gasteiger partial charge in [0.2, 0.25) is 0 Å². The Morgan fingerprint density at radius 1 is 0.667 bits per heavy atom. The molecule has 0 fully saturated rings. The summed E-state index contributed by atoms with van der Waals surface area (Å²) in [7, 11) is 0. The molecule has 0 bridgehead atoms. The Hall–Kier alpha value is 2.04. The highest BCUT2D eigenvalue weighted by Gasteiger charge is 1.78. The second-order valence-corrected chi connectivity index (χ2v) is 5.08. The Morgan fingerprint density at radius 2 is 1.00 bits per heavy atom. The molecule has 0 radical (unpaired) electrons. The lowest BCUT2D eigenvalue weighted by Crippen LogP contribution is -1.74. The van der Waals surface area contributed by atoms with Crippen LogP contribution >= 0.6 is 68.4 Å². The van der Waals surface area contributed by atoms with Crippen LogP contribution in [0, 0.1) is 0 Å². The normalized spacial score (nSPS) is 9.00. The van der Waals surface area contributed by atoms with Crippen LogP contribution in [0.3, 0.4) is 0 Å². The van der Waals surface area contributed by atoms with Crippen molar-refractivity contribution in [1.29, 1.82) is 0 Å². The second kappa shape index (κ2) is 18.8. The van der Waals surface area contributed by atoms with E-state index >= 15 is 0 Å². The van der Waals surface area contributed by atoms with E-state index in [9.17, 15) is 0 Å². The first-order chi connectivity index (χ1) is 5.83. The highest BCUT2D eigenvalue weighted by Crippen LogP contribution is 1.96. The summed E-state index contributed by atoms with van der Waals surface area (Å²) >= 11 is 15.5. The quantitative estimate of drug-likeness (QED) is 0.316. The molecule has 0 nitrogen and oxygen atoms in total. The first kappa shape index (κ1) is 16.5. The van der Waals surface area contributed by atoms with Crippen molar-refractivity contribution in [1.82, 2.24) is 0 Å². The molecule has 0 aromatic carbocycles. The number of rotatable bonds is 6. The van der Waals surface area contributed by atoms with Crippen molar-refractivity contribution in [2.75, 3.05) is 20.6 Å². The highest BCUT2D eigenvalue weighted by molar-refractivity contribution is 14.1. The Morgan fingerprint density at radius 3 is 1.17 bits per heavy atom. The van der Waals surface area contributed by atoms with Gasteiger partial charge in [0.05, 0.1) is 0 Å². The molecule has 0 unspecified atom stereocenters. The van der Waals surface area contributed by atoms with Crippen LogP contribution in [-0.4, -0.2) is 20.6 Å². The summed E-state index contributed by atoms with van der Waals surface area (Å²) in [4.78, 5) is 0. The first-order valence-electron chi connectivity index (χ1n) is 4.07. The topological polar surface area (TPSA) is 0 Å². The molecule has 0 amide bonds. The molecule has 4 heteroatoms. The average molecular weight is 437 g/mol. The van der Waals surface area contributed by atoms with E-state index in [-0.39, 0.29) is 0 Å². The van der Waals surface area contributed by atoms with Crippen molar-refractivity contribution < 1.29 is 0 Å². The van der Waals surface area contributed by atoms with Gasteiger partial charge in [0.25, 0.3) is 0 Å². The van der Waals surface area contributed by atoms with E-state index < -0.39 is 0 Å². The number of halogens is 4. The van der Waals surface area contributed by atoms with Crippen LogP contribution in [0.2, 0.25) is 0 Å². The van der Waals surface area contributed by atoms with E-state index in [0.717, 1.165) is 24.6 Å². The fourth-order valence-electron chi connectivity index (χ4n) is 0.378. The molecule has 0 aliphatic carbocycles. The van der Waals surface area contributed by atoms with Crippen LogP contribution in [0.4, 0.5) is 0 Å². The molecule has 0 saturated carbocycles. The third-order valence-corrected chi connectivity index (χ3v) is 3.09. The van der Waals surface area contributed by atoms with E-state index in [0.29, 0.717) is 0 Å². The van der Waals surface area contributed by atoms with Gasteiger partial charge in [0, 0.05) is 11.8 Å². The molecule has 0 aliphatic rings. The molecular weight excluding hydrogens is 421 g/mol. The SMILES string of the molecule is ClCCCCCl.ICCCCI. The maximum atomic E-state index is 5.32. The zero-order valence-corrected chi connectivity index (χ0v) is 13.0. The Kier molecular flexibility index (Phi) is 25.7. The molecule has 12 heavy (non-hydrogen) atoms. The maximum absolute atomic E-state index is 5.32. The molecule has 0 N–H and O–H groups in total. The zero-order valence-electron chi connectivity index (χ0n) is 7.17. The summed E-state index contributed by atoms with van der Waals surface area (Å²) in [6.07, 6.45) is 4.88. The molecule has 0 spiro atoms. The van der Waals surface area contributed by atoms with E-state index in [1.54, 1.807) is 0 Å². The highest BCUT2D eigenvalue weighted by atomic mass is 127. The average Bonchev–Trinajstić information content (AvgIpc) is 2.12. The van der Waals surface area contributed by atoms with E-state index in [4.69, 9.17) is 23.2 Å². The van der Waals surface area contributed by atoms with Gasteiger partial charge < -0.3 is 0 Å². The monoisotopic (exact) mass is 436 g/mol. The molecule has 0 aromatic rings. The Labute approximate surface area is 113 Å². The predicted molar refractivity (Wildman–Crippen MR) is 77.7 cm³/mol. The van der Waals surface area contributed by atoms with E-state index in [1.165, 1.54) is 21.7 Å². The minimum absolute atomic E-state index is 0.743. The first-order valence-corrected chi connectivity index (χ1v) is 8.19. The summed E-state index contributed by atoms with van der Waals surface area (Å²) in [5.41, 5.74) is 0. The summed E-state index contributed by atoms with van der Waals surface area (Å²) in [6, 6.07) is 0. The van der Waals surface area contributed by atoms with Crippen LogP contribution < -0.4 is 0 Å². The lowest BCUT2D eigenvalue weighted by molar-refractivity contribution is 0.899. The molecule has 0 aliphatic heterocycles. The maximum Gasteiger partial charge on any atom is 0.0223 e. The van der Waals surface area contributed by atoms with Crippen LogP contribution in [0.15, 0.2) is 0 Å². The van der Waals surface area contributed by atoms with E-state index in [2.05, 4.69) is 45.2 Å². The molecule has 0 aromatic heterocycles. The van der Waals surface area contributed by atoms with Gasteiger partial charge in [0.15, 0.2) is 0 Å². The lowest BCUT2D eigenvalue weighted by Gasteiger charge is -1.83. The van der Waals surface area contributed by atoms with Gasteiger partial charge in [0.1, 0.15) is 0 Å². The lowest BCUT2D eigenvalue weighted by atomic mass is 10.4. The smallest absolute Gasteiger partial charge is 0.0223 e. The van der Waals surface area contributed by atoms with Crippen LogP contribution in [0.5, 0.6) is 0 Å². The third kappa shape index (κ3) is 22.7. The third-order valence-electron chi connectivity index (χ3n) is 1.03. The Balaban J connectivity index is 0. The number of hydrogen-bond donors (Lipinski definition) is 0. The molecule has 76 valence electrons. The Bertz CT molecular complexity index is 47.0. The van der Waals surface area contributed by atoms with Crippen molar-refractivity contribution in [3.05, 3.63) is 0 Å². The number of alkyl halides is 4. The van der Waals surface area contributed by atoms with Gasteiger partial charge in [-0.1, -0.05) is 45.2 Å². The molecule has 0 atom stereocenters. The van der Waals surface area contributed by atoms with Crippen LogP contribution in [-0.2, 0) is 0 Å².